The fourth-order valence-electron chi connectivity index (χ4n) is 2.01. The third-order valence-electron chi connectivity index (χ3n) is 2.87. The molecule has 3 heteroatoms. The monoisotopic (exact) mass is 217 g/mol. The van der Waals surface area contributed by atoms with Gasteiger partial charge in [0.2, 0.25) is 0 Å². The summed E-state index contributed by atoms with van der Waals surface area (Å²) in [5.41, 5.74) is 2.40. The maximum Gasteiger partial charge on any atom is 0.303 e. The highest BCUT2D eigenvalue weighted by atomic mass is 16.4. The quantitative estimate of drug-likeness (QED) is 0.855. The molecule has 0 radical (unpaired) electrons. The molecule has 0 aliphatic heterocycles. The molecule has 0 fully saturated rings. The predicted octanol–water partition coefficient (Wildman–Crippen LogP) is 2.59. The number of hydrogen-bond acceptors (Lipinski definition) is 1. The fraction of sp³-hybridized carbons (Fsp3) is 0.308. The fourth-order valence-corrected chi connectivity index (χ4v) is 2.01. The Hall–Kier alpha value is -1.77. The molecule has 0 saturated heterocycles. The van der Waals surface area contributed by atoms with Crippen LogP contribution in [-0.2, 0) is 18.3 Å². The summed E-state index contributed by atoms with van der Waals surface area (Å²) in [6, 6.07) is 10.3. The van der Waals surface area contributed by atoms with Gasteiger partial charge in [-0.1, -0.05) is 18.2 Å². The molecule has 0 saturated carbocycles. The third-order valence-corrected chi connectivity index (χ3v) is 2.87. The summed E-state index contributed by atoms with van der Waals surface area (Å²) in [6.45, 7) is 0. The smallest absolute Gasteiger partial charge is 0.303 e. The highest BCUT2D eigenvalue weighted by Crippen LogP contribution is 2.19. The first-order valence-corrected chi connectivity index (χ1v) is 5.43. The molecule has 0 unspecified atom stereocenters. The lowest BCUT2D eigenvalue weighted by Crippen LogP contribution is -1.99. The summed E-state index contributed by atoms with van der Waals surface area (Å²) in [4.78, 5) is 10.4. The second-order valence-corrected chi connectivity index (χ2v) is 4.00. The molecule has 3 nitrogen and oxygen atoms in total. The van der Waals surface area contributed by atoms with Crippen molar-refractivity contribution in [2.75, 3.05) is 0 Å². The van der Waals surface area contributed by atoms with Gasteiger partial charge in [0, 0.05) is 24.7 Å². The first-order valence-electron chi connectivity index (χ1n) is 5.43. The Morgan fingerprint density at radius 2 is 2.12 bits per heavy atom. The average Bonchev–Trinajstić information content (AvgIpc) is 2.56. The number of aliphatic carboxylic acids is 1. The number of carboxylic acid groups (broad SMARTS) is 1. The summed E-state index contributed by atoms with van der Waals surface area (Å²) >= 11 is 0. The number of nitrogens with zero attached hydrogens (tertiary/aromatic N) is 1. The Labute approximate surface area is 94.3 Å². The third kappa shape index (κ3) is 2.08. The van der Waals surface area contributed by atoms with E-state index in [9.17, 15) is 4.79 Å². The molecule has 0 amide bonds. The zero-order valence-corrected chi connectivity index (χ0v) is 9.31. The van der Waals surface area contributed by atoms with Gasteiger partial charge in [0.05, 0.1) is 0 Å². The van der Waals surface area contributed by atoms with Crippen molar-refractivity contribution in [3.05, 3.63) is 36.0 Å². The van der Waals surface area contributed by atoms with Crippen LogP contribution in [0.5, 0.6) is 0 Å². The van der Waals surface area contributed by atoms with Crippen LogP contribution in [-0.4, -0.2) is 15.6 Å². The van der Waals surface area contributed by atoms with Crippen LogP contribution in [0, 0.1) is 0 Å². The Morgan fingerprint density at radius 3 is 2.81 bits per heavy atom. The molecule has 2 aromatic rings. The SMILES string of the molecule is Cn1c(CCCC(=O)O)cc2ccccc21. The topological polar surface area (TPSA) is 42.2 Å². The van der Waals surface area contributed by atoms with Gasteiger partial charge in [-0.3, -0.25) is 4.79 Å². The van der Waals surface area contributed by atoms with Crippen molar-refractivity contribution in [2.24, 2.45) is 7.05 Å². The van der Waals surface area contributed by atoms with E-state index < -0.39 is 5.97 Å². The molecule has 1 aromatic carbocycles. The van der Waals surface area contributed by atoms with E-state index in [1.807, 2.05) is 19.2 Å². The van der Waals surface area contributed by atoms with Gasteiger partial charge in [-0.2, -0.15) is 0 Å². The van der Waals surface area contributed by atoms with E-state index in [-0.39, 0.29) is 6.42 Å². The number of aromatic nitrogens is 1. The van der Waals surface area contributed by atoms with Crippen molar-refractivity contribution in [2.45, 2.75) is 19.3 Å². The van der Waals surface area contributed by atoms with Gasteiger partial charge in [0.15, 0.2) is 0 Å². The minimum atomic E-state index is -0.723. The van der Waals surface area contributed by atoms with E-state index in [0.717, 1.165) is 6.42 Å². The van der Waals surface area contributed by atoms with Gasteiger partial charge in [-0.05, 0) is 30.4 Å². The first-order chi connectivity index (χ1) is 7.68. The average molecular weight is 217 g/mol. The normalized spacial score (nSPS) is 10.8. The molecule has 0 aliphatic carbocycles. The molecular formula is C13H15NO2. The van der Waals surface area contributed by atoms with Crippen LogP contribution < -0.4 is 0 Å². The lowest BCUT2D eigenvalue weighted by Gasteiger charge is -2.02. The first kappa shape index (κ1) is 10.7. The Morgan fingerprint density at radius 1 is 1.38 bits per heavy atom. The number of hydrogen-bond donors (Lipinski definition) is 1. The summed E-state index contributed by atoms with van der Waals surface area (Å²) in [7, 11) is 2.03. The summed E-state index contributed by atoms with van der Waals surface area (Å²) in [6.07, 6.45) is 1.75. The van der Waals surface area contributed by atoms with Crippen LogP contribution in [0.25, 0.3) is 10.9 Å². The van der Waals surface area contributed by atoms with Crippen molar-refractivity contribution in [3.63, 3.8) is 0 Å². The van der Waals surface area contributed by atoms with Gasteiger partial charge in [0.1, 0.15) is 0 Å². The predicted molar refractivity (Wildman–Crippen MR) is 63.5 cm³/mol. The molecule has 0 bridgehead atoms. The van der Waals surface area contributed by atoms with Crippen LogP contribution >= 0.6 is 0 Å². The molecule has 2 rings (SSSR count). The van der Waals surface area contributed by atoms with Crippen LogP contribution in [0.3, 0.4) is 0 Å². The number of para-hydroxylation sites is 1. The standard InChI is InChI=1S/C13H15NO2/c1-14-11(6-4-8-13(15)16)9-10-5-2-3-7-12(10)14/h2-3,5,7,9H,4,6,8H2,1H3,(H,15,16). The lowest BCUT2D eigenvalue weighted by molar-refractivity contribution is -0.137. The van der Waals surface area contributed by atoms with E-state index in [4.69, 9.17) is 5.11 Å². The van der Waals surface area contributed by atoms with Crippen molar-refractivity contribution >= 4 is 16.9 Å². The molecule has 0 aliphatic rings. The number of aryl methyl sites for hydroxylation is 2. The largest absolute Gasteiger partial charge is 0.481 e. The lowest BCUT2D eigenvalue weighted by atomic mass is 10.2. The molecule has 84 valence electrons. The second kappa shape index (κ2) is 4.39. The molecule has 16 heavy (non-hydrogen) atoms. The Balaban J connectivity index is 2.18. The highest BCUT2D eigenvalue weighted by molar-refractivity contribution is 5.81. The van der Waals surface area contributed by atoms with E-state index in [2.05, 4.69) is 22.8 Å². The zero-order chi connectivity index (χ0) is 11.5. The van der Waals surface area contributed by atoms with Gasteiger partial charge in [-0.15, -0.1) is 0 Å². The molecule has 0 atom stereocenters. The van der Waals surface area contributed by atoms with E-state index in [1.165, 1.54) is 16.6 Å². The van der Waals surface area contributed by atoms with E-state index in [0.29, 0.717) is 6.42 Å². The maximum atomic E-state index is 10.4. The molecule has 1 N–H and O–H groups in total. The zero-order valence-electron chi connectivity index (χ0n) is 9.31. The van der Waals surface area contributed by atoms with Gasteiger partial charge in [0.25, 0.3) is 0 Å². The minimum absolute atomic E-state index is 0.238. The molecular weight excluding hydrogens is 202 g/mol. The number of carbonyl (C=O) groups is 1. The summed E-state index contributed by atoms with van der Waals surface area (Å²) < 4.78 is 2.14. The second-order valence-electron chi connectivity index (χ2n) is 4.00. The number of carboxylic acids is 1. The van der Waals surface area contributed by atoms with E-state index in [1.54, 1.807) is 0 Å². The van der Waals surface area contributed by atoms with Crippen LogP contribution in [0.4, 0.5) is 0 Å². The summed E-state index contributed by atoms with van der Waals surface area (Å²) in [5.74, 6) is -0.723. The van der Waals surface area contributed by atoms with Crippen LogP contribution in [0.1, 0.15) is 18.5 Å². The summed E-state index contributed by atoms with van der Waals surface area (Å²) in [5, 5.41) is 9.81. The number of benzene rings is 1. The van der Waals surface area contributed by atoms with Crippen molar-refractivity contribution < 1.29 is 9.90 Å². The molecule has 1 heterocycles. The number of rotatable bonds is 4. The van der Waals surface area contributed by atoms with Gasteiger partial charge in [-0.25, -0.2) is 0 Å². The van der Waals surface area contributed by atoms with Crippen molar-refractivity contribution in [3.8, 4) is 0 Å². The maximum absolute atomic E-state index is 10.4. The van der Waals surface area contributed by atoms with E-state index >= 15 is 0 Å². The van der Waals surface area contributed by atoms with Gasteiger partial charge >= 0.3 is 5.97 Å². The molecule has 1 aromatic heterocycles. The van der Waals surface area contributed by atoms with Crippen LogP contribution in [0.15, 0.2) is 30.3 Å². The van der Waals surface area contributed by atoms with Crippen LogP contribution in [0.2, 0.25) is 0 Å². The Kier molecular flexibility index (Phi) is 2.95. The van der Waals surface area contributed by atoms with Crippen molar-refractivity contribution in [1.29, 1.82) is 0 Å². The molecule has 0 spiro atoms. The van der Waals surface area contributed by atoms with Crippen molar-refractivity contribution in [1.82, 2.24) is 4.57 Å². The van der Waals surface area contributed by atoms with Gasteiger partial charge < -0.3 is 9.67 Å². The highest BCUT2D eigenvalue weighted by Gasteiger charge is 2.05. The Bertz CT molecular complexity index is 514. The minimum Gasteiger partial charge on any atom is -0.481 e. The number of fused-ring (bicyclic) bond motifs is 1.